The van der Waals surface area contributed by atoms with Crippen molar-refractivity contribution < 1.29 is 4.79 Å². The Bertz CT molecular complexity index is 1440. The molecule has 0 N–H and O–H groups in total. The third kappa shape index (κ3) is 3.85. The van der Waals surface area contributed by atoms with Crippen LogP contribution in [0.4, 0.5) is 0 Å². The van der Waals surface area contributed by atoms with Crippen LogP contribution in [0.3, 0.4) is 0 Å². The van der Waals surface area contributed by atoms with Gasteiger partial charge in [-0.3, -0.25) is 19.0 Å². The van der Waals surface area contributed by atoms with E-state index in [9.17, 15) is 14.9 Å². The van der Waals surface area contributed by atoms with E-state index in [4.69, 9.17) is 0 Å². The SMILES string of the molecule is CCCCCn1c(=NC(=O)c2cccnc2)c(C#N)cc2c(=O)n3ccccc3nc21. The van der Waals surface area contributed by atoms with E-state index in [0.29, 0.717) is 28.8 Å². The van der Waals surface area contributed by atoms with Gasteiger partial charge < -0.3 is 4.57 Å². The molecule has 154 valence electrons. The molecule has 0 aliphatic rings. The Balaban J connectivity index is 2.06. The fraction of sp³-hybridized carbons (Fsp3) is 0.217. The first-order chi connectivity index (χ1) is 15.1. The predicted octanol–water partition coefficient (Wildman–Crippen LogP) is 2.85. The van der Waals surface area contributed by atoms with Crippen LogP contribution in [0.1, 0.15) is 42.1 Å². The number of nitrogens with zero attached hydrogens (tertiary/aromatic N) is 6. The number of aryl methyl sites for hydroxylation is 1. The minimum Gasteiger partial charge on any atom is -0.309 e. The maximum atomic E-state index is 13.1. The summed E-state index contributed by atoms with van der Waals surface area (Å²) in [4.78, 5) is 38.7. The van der Waals surface area contributed by atoms with Crippen molar-refractivity contribution in [3.05, 3.63) is 82.0 Å². The highest BCUT2D eigenvalue weighted by Crippen LogP contribution is 2.12. The highest BCUT2D eigenvalue weighted by atomic mass is 16.1. The number of hydrogen-bond donors (Lipinski definition) is 0. The highest BCUT2D eigenvalue weighted by Gasteiger charge is 2.15. The molecule has 0 fully saturated rings. The normalized spacial score (nSPS) is 11.7. The minimum atomic E-state index is -0.509. The molecule has 0 saturated heterocycles. The highest BCUT2D eigenvalue weighted by molar-refractivity contribution is 5.94. The van der Waals surface area contributed by atoms with Gasteiger partial charge in [0.05, 0.1) is 16.5 Å². The number of carbonyl (C=O) groups excluding carboxylic acids is 1. The van der Waals surface area contributed by atoms with Gasteiger partial charge in [-0.25, -0.2) is 4.98 Å². The summed E-state index contributed by atoms with van der Waals surface area (Å²) in [6.07, 6.45) is 7.39. The summed E-state index contributed by atoms with van der Waals surface area (Å²) in [5.74, 6) is -0.509. The van der Waals surface area contributed by atoms with Crippen molar-refractivity contribution >= 4 is 22.6 Å². The number of amides is 1. The number of unbranched alkanes of at least 4 members (excludes halogenated alkanes) is 2. The van der Waals surface area contributed by atoms with Crippen LogP contribution in [0.25, 0.3) is 16.7 Å². The second-order valence-corrected chi connectivity index (χ2v) is 7.09. The average Bonchev–Trinajstić information content (AvgIpc) is 2.81. The Morgan fingerprint density at radius 3 is 2.84 bits per heavy atom. The zero-order chi connectivity index (χ0) is 21.8. The van der Waals surface area contributed by atoms with Crippen molar-refractivity contribution in [2.24, 2.45) is 4.99 Å². The zero-order valence-electron chi connectivity index (χ0n) is 17.0. The molecule has 0 saturated carbocycles. The third-order valence-corrected chi connectivity index (χ3v) is 5.01. The van der Waals surface area contributed by atoms with Crippen LogP contribution < -0.4 is 11.0 Å². The van der Waals surface area contributed by atoms with Gasteiger partial charge in [0.1, 0.15) is 17.4 Å². The van der Waals surface area contributed by atoms with Crippen molar-refractivity contribution in [1.29, 1.82) is 5.26 Å². The number of hydrogen-bond acceptors (Lipinski definition) is 5. The lowest BCUT2D eigenvalue weighted by Crippen LogP contribution is -2.29. The standard InChI is InChI=1S/C23H20N6O2/c1-2-3-5-12-29-20(27-22(30)16-8-7-10-25-15-16)17(14-24)13-18-21(29)26-19-9-4-6-11-28(19)23(18)31/h4,6-11,13,15H,2-3,5,12H2,1H3. The summed E-state index contributed by atoms with van der Waals surface area (Å²) >= 11 is 0. The van der Waals surface area contributed by atoms with Gasteiger partial charge in [0.25, 0.3) is 11.5 Å². The van der Waals surface area contributed by atoms with Gasteiger partial charge >= 0.3 is 0 Å². The summed E-state index contributed by atoms with van der Waals surface area (Å²) < 4.78 is 3.16. The lowest BCUT2D eigenvalue weighted by atomic mass is 10.2. The third-order valence-electron chi connectivity index (χ3n) is 5.01. The number of nitriles is 1. The second kappa shape index (κ2) is 8.71. The number of carbonyl (C=O) groups is 1. The van der Waals surface area contributed by atoms with Crippen LogP contribution in [0.2, 0.25) is 0 Å². The average molecular weight is 412 g/mol. The Hall–Kier alpha value is -4.12. The molecule has 0 aliphatic heterocycles. The fourth-order valence-corrected chi connectivity index (χ4v) is 3.46. The van der Waals surface area contributed by atoms with Crippen molar-refractivity contribution in [1.82, 2.24) is 18.9 Å². The number of rotatable bonds is 5. The smallest absolute Gasteiger partial charge is 0.280 e. The molecule has 0 bridgehead atoms. The summed E-state index contributed by atoms with van der Waals surface area (Å²) in [5.41, 5.74) is 1.29. The van der Waals surface area contributed by atoms with E-state index in [1.807, 2.05) is 0 Å². The first-order valence-corrected chi connectivity index (χ1v) is 10.1. The molecule has 0 aliphatic carbocycles. The van der Waals surface area contributed by atoms with E-state index < -0.39 is 5.91 Å². The van der Waals surface area contributed by atoms with Crippen molar-refractivity contribution in [3.63, 3.8) is 0 Å². The van der Waals surface area contributed by atoms with Gasteiger partial charge in [-0.2, -0.15) is 10.3 Å². The predicted molar refractivity (Wildman–Crippen MR) is 115 cm³/mol. The Labute approximate surface area is 177 Å². The van der Waals surface area contributed by atoms with E-state index in [-0.39, 0.29) is 16.6 Å². The Morgan fingerprint density at radius 1 is 1.23 bits per heavy atom. The minimum absolute atomic E-state index is 0.149. The molecule has 4 heterocycles. The van der Waals surface area contributed by atoms with Gasteiger partial charge in [0, 0.05) is 25.1 Å². The molecule has 0 atom stereocenters. The zero-order valence-corrected chi connectivity index (χ0v) is 17.0. The Morgan fingerprint density at radius 2 is 2.10 bits per heavy atom. The molecule has 4 rings (SSSR count). The fourth-order valence-electron chi connectivity index (χ4n) is 3.46. The van der Waals surface area contributed by atoms with Crippen LogP contribution in [-0.2, 0) is 6.54 Å². The van der Waals surface area contributed by atoms with E-state index in [2.05, 4.69) is 28.0 Å². The van der Waals surface area contributed by atoms with Crippen molar-refractivity contribution in [3.8, 4) is 6.07 Å². The van der Waals surface area contributed by atoms with Crippen LogP contribution in [0.15, 0.2) is 64.8 Å². The van der Waals surface area contributed by atoms with E-state index in [0.717, 1.165) is 19.3 Å². The molecule has 4 aromatic rings. The lowest BCUT2D eigenvalue weighted by molar-refractivity contribution is 0.0996. The number of aromatic nitrogens is 4. The van der Waals surface area contributed by atoms with E-state index >= 15 is 0 Å². The topological polar surface area (TPSA) is 105 Å². The van der Waals surface area contributed by atoms with Crippen molar-refractivity contribution in [2.45, 2.75) is 32.7 Å². The summed E-state index contributed by atoms with van der Waals surface area (Å²) in [6.45, 7) is 2.57. The molecule has 0 radical (unpaired) electrons. The largest absolute Gasteiger partial charge is 0.309 e. The first kappa shape index (κ1) is 20.2. The molecular formula is C23H20N6O2. The van der Waals surface area contributed by atoms with Gasteiger partial charge in [-0.1, -0.05) is 25.8 Å². The number of fused-ring (bicyclic) bond motifs is 2. The molecule has 8 nitrogen and oxygen atoms in total. The molecule has 4 aromatic heterocycles. The monoisotopic (exact) mass is 412 g/mol. The first-order valence-electron chi connectivity index (χ1n) is 10.1. The molecule has 0 aromatic carbocycles. The van der Waals surface area contributed by atoms with E-state index in [1.54, 1.807) is 47.3 Å². The van der Waals surface area contributed by atoms with Gasteiger partial charge in [0.2, 0.25) is 0 Å². The maximum absolute atomic E-state index is 13.1. The van der Waals surface area contributed by atoms with Crippen LogP contribution in [-0.4, -0.2) is 24.8 Å². The number of pyridine rings is 3. The van der Waals surface area contributed by atoms with Crippen molar-refractivity contribution in [2.75, 3.05) is 0 Å². The quantitative estimate of drug-likeness (QED) is 0.370. The molecule has 1 amide bonds. The van der Waals surface area contributed by atoms with Gasteiger partial charge in [-0.05, 0) is 36.8 Å². The molecular weight excluding hydrogens is 392 g/mol. The molecule has 0 spiro atoms. The second-order valence-electron chi connectivity index (χ2n) is 7.09. The molecule has 8 heteroatoms. The van der Waals surface area contributed by atoms with E-state index in [1.165, 1.54) is 16.7 Å². The maximum Gasteiger partial charge on any atom is 0.280 e. The van der Waals surface area contributed by atoms with Gasteiger partial charge in [0.15, 0.2) is 5.49 Å². The lowest BCUT2D eigenvalue weighted by Gasteiger charge is -2.13. The molecule has 0 unspecified atom stereocenters. The summed E-state index contributed by atoms with van der Waals surface area (Å²) in [6, 6.07) is 12.1. The summed E-state index contributed by atoms with van der Waals surface area (Å²) in [7, 11) is 0. The Kier molecular flexibility index (Phi) is 5.67. The van der Waals surface area contributed by atoms with Gasteiger partial charge in [-0.15, -0.1) is 0 Å². The molecule has 31 heavy (non-hydrogen) atoms. The van der Waals surface area contributed by atoms with Crippen LogP contribution >= 0.6 is 0 Å². The summed E-state index contributed by atoms with van der Waals surface area (Å²) in [5, 5.41) is 10.1. The van der Waals surface area contributed by atoms with Crippen LogP contribution in [0, 0.1) is 11.3 Å². The van der Waals surface area contributed by atoms with Crippen LogP contribution in [0.5, 0.6) is 0 Å².